The van der Waals surface area contributed by atoms with Gasteiger partial charge < -0.3 is 19.4 Å². The molecule has 0 aliphatic carbocycles. The molecule has 6 heteroatoms. The molecule has 0 radical (unpaired) electrons. The second kappa shape index (κ2) is 13.6. The van der Waals surface area contributed by atoms with Crippen molar-refractivity contribution in [2.24, 2.45) is 11.8 Å². The van der Waals surface area contributed by atoms with E-state index in [2.05, 4.69) is 52.3 Å². The average Bonchev–Trinajstić information content (AvgIpc) is 2.94. The molecule has 37 heavy (non-hydrogen) atoms. The van der Waals surface area contributed by atoms with Crippen LogP contribution in [0.25, 0.3) is 0 Å². The molecule has 2 aromatic carbocycles. The van der Waals surface area contributed by atoms with Gasteiger partial charge in [-0.2, -0.15) is 0 Å². The third kappa shape index (κ3) is 8.06. The van der Waals surface area contributed by atoms with Crippen LogP contribution in [-0.2, 0) is 22.6 Å². The molecule has 0 unspecified atom stereocenters. The number of nitrogens with zero attached hydrogens (tertiary/aromatic N) is 3. The molecule has 2 amide bonds. The van der Waals surface area contributed by atoms with Gasteiger partial charge in [-0.1, -0.05) is 42.5 Å². The number of ether oxygens (including phenoxy) is 1. The predicted octanol–water partition coefficient (Wildman–Crippen LogP) is 4.63. The Morgan fingerprint density at radius 1 is 0.892 bits per heavy atom. The number of benzene rings is 2. The molecule has 0 aromatic heterocycles. The molecule has 0 spiro atoms. The normalized spacial score (nSPS) is 17.5. The van der Waals surface area contributed by atoms with Crippen molar-refractivity contribution >= 4 is 11.8 Å². The number of methoxy groups -OCH3 is 1. The van der Waals surface area contributed by atoms with Crippen molar-refractivity contribution in [3.8, 4) is 5.75 Å². The fraction of sp³-hybridized carbons (Fsp3) is 0.548. The fourth-order valence-corrected chi connectivity index (χ4v) is 5.76. The maximum atomic E-state index is 13.6. The van der Waals surface area contributed by atoms with Crippen LogP contribution >= 0.6 is 0 Å². The van der Waals surface area contributed by atoms with E-state index in [4.69, 9.17) is 4.74 Å². The molecule has 2 saturated heterocycles. The Morgan fingerprint density at radius 2 is 1.57 bits per heavy atom. The summed E-state index contributed by atoms with van der Waals surface area (Å²) >= 11 is 0. The van der Waals surface area contributed by atoms with E-state index >= 15 is 0 Å². The summed E-state index contributed by atoms with van der Waals surface area (Å²) in [7, 11) is 1.67. The van der Waals surface area contributed by atoms with Gasteiger partial charge in [0.1, 0.15) is 5.75 Å². The number of piperidine rings is 2. The van der Waals surface area contributed by atoms with E-state index in [0.717, 1.165) is 62.7 Å². The minimum Gasteiger partial charge on any atom is -0.497 e. The van der Waals surface area contributed by atoms with Gasteiger partial charge in [0, 0.05) is 39.0 Å². The van der Waals surface area contributed by atoms with Crippen LogP contribution in [0.4, 0.5) is 0 Å². The van der Waals surface area contributed by atoms with Crippen molar-refractivity contribution in [2.75, 3.05) is 46.4 Å². The number of hydrogen-bond donors (Lipinski definition) is 0. The van der Waals surface area contributed by atoms with Crippen LogP contribution < -0.4 is 4.74 Å². The minimum absolute atomic E-state index is 0.00239. The van der Waals surface area contributed by atoms with Crippen molar-refractivity contribution in [1.82, 2.24) is 14.7 Å². The standard InChI is InChI=1S/C31H43N3O3/c1-25(35)33-21-15-29(16-22-33)31(36)34(24-28-9-11-30(37-2)12-10-28)18-6-17-32-19-13-27(14-20-32)23-26-7-4-3-5-8-26/h3-5,7-12,27,29H,6,13-24H2,1-2H3. The SMILES string of the molecule is COc1ccc(CN(CCCN2CCC(Cc3ccccc3)CC2)C(=O)C2CCN(C(C)=O)CC2)cc1. The lowest BCUT2D eigenvalue weighted by molar-refractivity contribution is -0.140. The van der Waals surface area contributed by atoms with E-state index in [1.165, 1.54) is 24.8 Å². The molecule has 4 rings (SSSR count). The molecule has 6 nitrogen and oxygen atoms in total. The zero-order valence-electron chi connectivity index (χ0n) is 22.6. The Balaban J connectivity index is 1.28. The summed E-state index contributed by atoms with van der Waals surface area (Å²) in [5.41, 5.74) is 2.57. The van der Waals surface area contributed by atoms with E-state index in [1.54, 1.807) is 14.0 Å². The Labute approximate surface area is 222 Å². The first-order chi connectivity index (χ1) is 18.0. The summed E-state index contributed by atoms with van der Waals surface area (Å²) in [6.45, 7) is 7.69. The highest BCUT2D eigenvalue weighted by Crippen LogP contribution is 2.24. The number of hydrogen-bond acceptors (Lipinski definition) is 4. The monoisotopic (exact) mass is 505 g/mol. The highest BCUT2D eigenvalue weighted by molar-refractivity contribution is 5.79. The molecular formula is C31H43N3O3. The summed E-state index contributed by atoms with van der Waals surface area (Å²) < 4.78 is 5.30. The second-order valence-corrected chi connectivity index (χ2v) is 10.7. The van der Waals surface area contributed by atoms with Gasteiger partial charge in [-0.05, 0) is 87.3 Å². The van der Waals surface area contributed by atoms with Gasteiger partial charge in [-0.25, -0.2) is 0 Å². The van der Waals surface area contributed by atoms with Crippen LogP contribution in [0.1, 0.15) is 50.2 Å². The van der Waals surface area contributed by atoms with Crippen LogP contribution in [0.15, 0.2) is 54.6 Å². The van der Waals surface area contributed by atoms with Crippen LogP contribution in [-0.4, -0.2) is 72.9 Å². The quantitative estimate of drug-likeness (QED) is 0.473. The smallest absolute Gasteiger partial charge is 0.226 e. The molecule has 2 aliphatic rings. The Hall–Kier alpha value is -2.86. The lowest BCUT2D eigenvalue weighted by Gasteiger charge is -2.35. The lowest BCUT2D eigenvalue weighted by Crippen LogP contribution is -2.44. The maximum Gasteiger partial charge on any atom is 0.226 e. The maximum absolute atomic E-state index is 13.6. The Bertz CT molecular complexity index is 979. The molecule has 0 N–H and O–H groups in total. The van der Waals surface area contributed by atoms with Crippen LogP contribution in [0.3, 0.4) is 0 Å². The first-order valence-electron chi connectivity index (χ1n) is 14.0. The molecular weight excluding hydrogens is 462 g/mol. The van der Waals surface area contributed by atoms with Gasteiger partial charge in [-0.15, -0.1) is 0 Å². The first-order valence-corrected chi connectivity index (χ1v) is 14.0. The number of amides is 2. The van der Waals surface area contributed by atoms with Gasteiger partial charge in [0.15, 0.2) is 0 Å². The van der Waals surface area contributed by atoms with E-state index < -0.39 is 0 Å². The number of carbonyl (C=O) groups excluding carboxylic acids is 2. The van der Waals surface area contributed by atoms with Crippen molar-refractivity contribution in [1.29, 1.82) is 0 Å². The average molecular weight is 506 g/mol. The van der Waals surface area contributed by atoms with Crippen molar-refractivity contribution in [3.05, 3.63) is 65.7 Å². The summed E-state index contributed by atoms with van der Waals surface area (Å²) in [6, 6.07) is 18.9. The van der Waals surface area contributed by atoms with Gasteiger partial charge >= 0.3 is 0 Å². The van der Waals surface area contributed by atoms with Crippen LogP contribution in [0, 0.1) is 11.8 Å². The van der Waals surface area contributed by atoms with E-state index in [1.807, 2.05) is 17.0 Å². The largest absolute Gasteiger partial charge is 0.497 e. The van der Waals surface area contributed by atoms with Gasteiger partial charge in [-0.3, -0.25) is 9.59 Å². The summed E-state index contributed by atoms with van der Waals surface area (Å²) in [5.74, 6) is 1.94. The molecule has 0 bridgehead atoms. The third-order valence-corrected chi connectivity index (χ3v) is 8.11. The molecule has 2 fully saturated rings. The van der Waals surface area contributed by atoms with Crippen LogP contribution in [0.5, 0.6) is 5.75 Å². The summed E-state index contributed by atoms with van der Waals surface area (Å²) in [4.78, 5) is 31.8. The van der Waals surface area contributed by atoms with Crippen molar-refractivity contribution < 1.29 is 14.3 Å². The number of likely N-dealkylation sites (tertiary alicyclic amines) is 2. The first kappa shape index (κ1) is 27.2. The highest BCUT2D eigenvalue weighted by Gasteiger charge is 2.29. The Morgan fingerprint density at radius 3 is 2.19 bits per heavy atom. The topological polar surface area (TPSA) is 53.1 Å². The zero-order valence-corrected chi connectivity index (χ0v) is 22.6. The molecule has 200 valence electrons. The predicted molar refractivity (Wildman–Crippen MR) is 147 cm³/mol. The number of carbonyl (C=O) groups is 2. The molecule has 2 aromatic rings. The van der Waals surface area contributed by atoms with E-state index in [-0.39, 0.29) is 17.7 Å². The van der Waals surface area contributed by atoms with E-state index in [0.29, 0.717) is 19.6 Å². The van der Waals surface area contributed by atoms with Crippen molar-refractivity contribution in [2.45, 2.75) is 52.0 Å². The minimum atomic E-state index is 0.00239. The molecule has 2 aliphatic heterocycles. The highest BCUT2D eigenvalue weighted by atomic mass is 16.5. The fourth-order valence-electron chi connectivity index (χ4n) is 5.76. The summed E-state index contributed by atoms with van der Waals surface area (Å²) in [5, 5.41) is 0. The van der Waals surface area contributed by atoms with Crippen LogP contribution in [0.2, 0.25) is 0 Å². The lowest BCUT2D eigenvalue weighted by atomic mass is 9.90. The van der Waals surface area contributed by atoms with Gasteiger partial charge in [0.25, 0.3) is 0 Å². The second-order valence-electron chi connectivity index (χ2n) is 10.7. The Kier molecular flexibility index (Phi) is 10.0. The summed E-state index contributed by atoms with van der Waals surface area (Å²) in [6.07, 6.45) is 6.17. The van der Waals surface area contributed by atoms with Gasteiger partial charge in [0.05, 0.1) is 7.11 Å². The van der Waals surface area contributed by atoms with Crippen molar-refractivity contribution in [3.63, 3.8) is 0 Å². The zero-order chi connectivity index (χ0) is 26.0. The van der Waals surface area contributed by atoms with E-state index in [9.17, 15) is 9.59 Å². The number of rotatable bonds is 10. The molecule has 0 atom stereocenters. The van der Waals surface area contributed by atoms with Gasteiger partial charge in [0.2, 0.25) is 11.8 Å². The third-order valence-electron chi connectivity index (χ3n) is 8.11. The molecule has 0 saturated carbocycles. The molecule has 2 heterocycles.